The van der Waals surface area contributed by atoms with E-state index in [4.69, 9.17) is 10.5 Å². The molecule has 1 aromatic carbocycles. The molecule has 0 radical (unpaired) electrons. The molecule has 5 heteroatoms. The third-order valence-electron chi connectivity index (χ3n) is 3.12. The predicted molar refractivity (Wildman–Crippen MR) is 89.1 cm³/mol. The second-order valence-corrected chi connectivity index (χ2v) is 5.52. The van der Waals surface area contributed by atoms with E-state index in [2.05, 4.69) is 5.32 Å². The normalized spacial score (nSPS) is 13.0. The molecule has 21 heavy (non-hydrogen) atoms. The average Bonchev–Trinajstić information content (AvgIpc) is 2.35. The van der Waals surface area contributed by atoms with Crippen LogP contribution in [0.25, 0.3) is 0 Å². The molecule has 1 amide bonds. The summed E-state index contributed by atoms with van der Waals surface area (Å²) >= 11 is 0. The number of amides is 1. The quantitative estimate of drug-likeness (QED) is 0.813. The number of ether oxygens (including phenoxy) is 1. The molecule has 3 N–H and O–H groups in total. The SMILES string of the molecule is Cc1cccc(C)c1OCC(C)NC(=O)CCC(C)N.Cl. The number of para-hydroxylation sites is 1. The van der Waals surface area contributed by atoms with Crippen molar-refractivity contribution in [3.05, 3.63) is 29.3 Å². The summed E-state index contributed by atoms with van der Waals surface area (Å²) in [5, 5.41) is 2.92. The molecule has 0 bridgehead atoms. The van der Waals surface area contributed by atoms with Crippen LogP contribution in [0.3, 0.4) is 0 Å². The highest BCUT2D eigenvalue weighted by Crippen LogP contribution is 2.22. The van der Waals surface area contributed by atoms with Gasteiger partial charge in [0.25, 0.3) is 0 Å². The van der Waals surface area contributed by atoms with Crippen LogP contribution < -0.4 is 15.8 Å². The topological polar surface area (TPSA) is 64.3 Å². The monoisotopic (exact) mass is 314 g/mol. The molecule has 0 fully saturated rings. The standard InChI is InChI=1S/C16H26N2O2.ClH/c1-11-6-5-7-12(2)16(11)20-10-14(4)18-15(19)9-8-13(3)17;/h5-7,13-14H,8-10,17H2,1-4H3,(H,18,19);1H. The van der Waals surface area contributed by atoms with E-state index in [1.165, 1.54) is 0 Å². The summed E-state index contributed by atoms with van der Waals surface area (Å²) in [4.78, 5) is 11.7. The largest absolute Gasteiger partial charge is 0.491 e. The number of carbonyl (C=O) groups is 1. The second kappa shape index (κ2) is 9.64. The first-order valence-corrected chi connectivity index (χ1v) is 7.14. The Morgan fingerprint density at radius 3 is 2.38 bits per heavy atom. The van der Waals surface area contributed by atoms with Crippen molar-refractivity contribution in [2.75, 3.05) is 6.61 Å². The van der Waals surface area contributed by atoms with Crippen molar-refractivity contribution < 1.29 is 9.53 Å². The number of carbonyl (C=O) groups excluding carboxylic acids is 1. The van der Waals surface area contributed by atoms with Gasteiger partial charge in [0.15, 0.2) is 0 Å². The number of aryl methyl sites for hydroxylation is 2. The van der Waals surface area contributed by atoms with Gasteiger partial charge in [-0.25, -0.2) is 0 Å². The highest BCUT2D eigenvalue weighted by atomic mass is 35.5. The molecule has 120 valence electrons. The maximum Gasteiger partial charge on any atom is 0.220 e. The Bertz CT molecular complexity index is 430. The van der Waals surface area contributed by atoms with Crippen LogP contribution in [-0.2, 0) is 4.79 Å². The van der Waals surface area contributed by atoms with Crippen LogP contribution in [0.4, 0.5) is 0 Å². The molecule has 0 heterocycles. The molecule has 0 saturated heterocycles. The molecular formula is C16H27ClN2O2. The lowest BCUT2D eigenvalue weighted by atomic mass is 10.1. The van der Waals surface area contributed by atoms with Gasteiger partial charge in [0.05, 0.1) is 6.04 Å². The summed E-state index contributed by atoms with van der Waals surface area (Å²) in [6.45, 7) is 8.36. The van der Waals surface area contributed by atoms with E-state index in [0.717, 1.165) is 16.9 Å². The van der Waals surface area contributed by atoms with Crippen molar-refractivity contribution in [2.45, 2.75) is 52.6 Å². The number of nitrogens with one attached hydrogen (secondary N) is 1. The van der Waals surface area contributed by atoms with Gasteiger partial charge >= 0.3 is 0 Å². The molecule has 1 aromatic rings. The van der Waals surface area contributed by atoms with Gasteiger partial charge < -0.3 is 15.8 Å². The van der Waals surface area contributed by atoms with Crippen molar-refractivity contribution in [1.29, 1.82) is 0 Å². The van der Waals surface area contributed by atoms with Crippen molar-refractivity contribution in [2.24, 2.45) is 5.73 Å². The molecule has 0 spiro atoms. The zero-order valence-corrected chi connectivity index (χ0v) is 14.1. The van der Waals surface area contributed by atoms with Crippen LogP contribution in [0, 0.1) is 13.8 Å². The summed E-state index contributed by atoms with van der Waals surface area (Å²) in [5.41, 5.74) is 7.86. The molecular weight excluding hydrogens is 288 g/mol. The summed E-state index contributed by atoms with van der Waals surface area (Å²) in [6, 6.07) is 6.09. The van der Waals surface area contributed by atoms with E-state index >= 15 is 0 Å². The van der Waals surface area contributed by atoms with Gasteiger partial charge in [-0.1, -0.05) is 18.2 Å². The highest BCUT2D eigenvalue weighted by molar-refractivity contribution is 5.85. The molecule has 1 rings (SSSR count). The van der Waals surface area contributed by atoms with Gasteiger partial charge in [0.2, 0.25) is 5.91 Å². The van der Waals surface area contributed by atoms with Gasteiger partial charge in [-0.15, -0.1) is 12.4 Å². The van der Waals surface area contributed by atoms with Crippen LogP contribution in [0.15, 0.2) is 18.2 Å². The Morgan fingerprint density at radius 1 is 1.29 bits per heavy atom. The predicted octanol–water partition coefficient (Wildman–Crippen LogP) is 2.74. The van der Waals surface area contributed by atoms with Crippen LogP contribution >= 0.6 is 12.4 Å². The highest BCUT2D eigenvalue weighted by Gasteiger charge is 2.10. The Kier molecular flexibility index (Phi) is 9.06. The van der Waals surface area contributed by atoms with Gasteiger partial charge in [-0.05, 0) is 45.2 Å². The first-order valence-electron chi connectivity index (χ1n) is 7.14. The Hall–Kier alpha value is -1.26. The van der Waals surface area contributed by atoms with E-state index in [1.807, 2.05) is 45.9 Å². The van der Waals surface area contributed by atoms with E-state index in [1.54, 1.807) is 0 Å². The summed E-state index contributed by atoms with van der Waals surface area (Å²) in [6.07, 6.45) is 1.17. The fraction of sp³-hybridized carbons (Fsp3) is 0.562. The van der Waals surface area contributed by atoms with Crippen molar-refractivity contribution in [3.8, 4) is 5.75 Å². The Morgan fingerprint density at radius 2 is 1.86 bits per heavy atom. The zero-order chi connectivity index (χ0) is 15.1. The van der Waals surface area contributed by atoms with Crippen LogP contribution in [0.2, 0.25) is 0 Å². The van der Waals surface area contributed by atoms with Crippen molar-refractivity contribution >= 4 is 18.3 Å². The molecule has 0 aliphatic heterocycles. The van der Waals surface area contributed by atoms with Crippen molar-refractivity contribution in [3.63, 3.8) is 0 Å². The van der Waals surface area contributed by atoms with Gasteiger partial charge in [-0.3, -0.25) is 4.79 Å². The fourth-order valence-corrected chi connectivity index (χ4v) is 1.98. The third kappa shape index (κ3) is 7.34. The number of hydrogen-bond donors (Lipinski definition) is 2. The lowest BCUT2D eigenvalue weighted by Crippen LogP contribution is -2.37. The molecule has 0 aliphatic rings. The van der Waals surface area contributed by atoms with Crippen LogP contribution in [0.1, 0.15) is 37.8 Å². The summed E-state index contributed by atoms with van der Waals surface area (Å²) < 4.78 is 5.82. The minimum atomic E-state index is -0.0189. The molecule has 2 atom stereocenters. The number of benzene rings is 1. The molecule has 2 unspecified atom stereocenters. The van der Waals surface area contributed by atoms with Gasteiger partial charge in [0.1, 0.15) is 12.4 Å². The third-order valence-corrected chi connectivity index (χ3v) is 3.12. The van der Waals surface area contributed by atoms with E-state index in [9.17, 15) is 4.79 Å². The Labute approximate surface area is 133 Å². The first kappa shape index (κ1) is 19.7. The maximum absolute atomic E-state index is 11.7. The molecule has 0 aromatic heterocycles. The number of nitrogens with two attached hydrogens (primary N) is 1. The van der Waals surface area contributed by atoms with Crippen LogP contribution in [-0.4, -0.2) is 24.6 Å². The number of rotatable bonds is 7. The summed E-state index contributed by atoms with van der Waals surface area (Å²) in [7, 11) is 0. The van der Waals surface area contributed by atoms with E-state index in [-0.39, 0.29) is 30.4 Å². The molecule has 0 saturated carbocycles. The zero-order valence-electron chi connectivity index (χ0n) is 13.3. The van der Waals surface area contributed by atoms with Crippen LogP contribution in [0.5, 0.6) is 5.75 Å². The second-order valence-electron chi connectivity index (χ2n) is 5.52. The van der Waals surface area contributed by atoms with Crippen molar-refractivity contribution in [1.82, 2.24) is 5.32 Å². The minimum absolute atomic E-state index is 0. The fourth-order valence-electron chi connectivity index (χ4n) is 1.98. The number of halogens is 1. The maximum atomic E-state index is 11.7. The lowest BCUT2D eigenvalue weighted by Gasteiger charge is -2.17. The molecule has 4 nitrogen and oxygen atoms in total. The summed E-state index contributed by atoms with van der Waals surface area (Å²) in [5.74, 6) is 0.934. The Balaban J connectivity index is 0.00000400. The smallest absolute Gasteiger partial charge is 0.220 e. The van der Waals surface area contributed by atoms with Gasteiger partial charge in [0, 0.05) is 12.5 Å². The minimum Gasteiger partial charge on any atom is -0.491 e. The molecule has 0 aliphatic carbocycles. The van der Waals surface area contributed by atoms with Gasteiger partial charge in [-0.2, -0.15) is 0 Å². The average molecular weight is 315 g/mol. The van der Waals surface area contributed by atoms with E-state index in [0.29, 0.717) is 19.4 Å². The lowest BCUT2D eigenvalue weighted by molar-refractivity contribution is -0.122. The number of hydrogen-bond acceptors (Lipinski definition) is 3. The van der Waals surface area contributed by atoms with E-state index < -0.39 is 0 Å². The first-order chi connectivity index (χ1) is 9.40.